The fourth-order valence-corrected chi connectivity index (χ4v) is 5.15. The van der Waals surface area contributed by atoms with Crippen LogP contribution in [0, 0.1) is 6.92 Å². The first-order valence-electron chi connectivity index (χ1n) is 12.3. The van der Waals surface area contributed by atoms with E-state index in [1.54, 1.807) is 6.92 Å². The van der Waals surface area contributed by atoms with Crippen molar-refractivity contribution in [1.82, 2.24) is 20.4 Å². The Balaban J connectivity index is 1.03. The molecule has 2 aromatic carbocycles. The van der Waals surface area contributed by atoms with E-state index in [1.807, 2.05) is 30.3 Å². The van der Waals surface area contributed by atoms with Gasteiger partial charge in [0.05, 0.1) is 5.39 Å². The molecule has 4 aromatic rings. The molecule has 2 aliphatic rings. The molecule has 1 fully saturated rings. The molecule has 1 atom stereocenters. The van der Waals surface area contributed by atoms with Crippen LogP contribution in [0.3, 0.4) is 0 Å². The number of β-amino-alcohol motifs (C(OH)–C–C–N with tert-alkyl or cyclic N) is 1. The molecule has 2 aromatic heterocycles. The smallest absolute Gasteiger partial charge is 0.283 e. The topological polar surface area (TPSA) is 114 Å². The quantitative estimate of drug-likeness (QED) is 0.405. The fraction of sp³-hybridized carbons (Fsp3) is 0.370. The largest absolute Gasteiger partial charge is 0.490 e. The Morgan fingerprint density at radius 2 is 2.03 bits per heavy atom. The Morgan fingerprint density at radius 1 is 1.17 bits per heavy atom. The highest BCUT2D eigenvalue weighted by molar-refractivity contribution is 5.98. The Hall–Kier alpha value is -3.69. The molecule has 1 amide bonds. The normalized spacial score (nSPS) is 17.3. The number of aromatic nitrogens is 2. The lowest BCUT2D eigenvalue weighted by molar-refractivity contribution is 0.0599. The van der Waals surface area contributed by atoms with Crippen LogP contribution in [0.25, 0.3) is 22.6 Å². The van der Waals surface area contributed by atoms with Gasteiger partial charge in [0, 0.05) is 31.6 Å². The fourth-order valence-electron chi connectivity index (χ4n) is 5.15. The van der Waals surface area contributed by atoms with Crippen molar-refractivity contribution in [3.05, 3.63) is 65.0 Å². The molecule has 0 bridgehead atoms. The van der Waals surface area contributed by atoms with E-state index in [2.05, 4.69) is 32.5 Å². The van der Waals surface area contributed by atoms with Crippen molar-refractivity contribution in [2.45, 2.75) is 38.3 Å². The number of benzene rings is 2. The summed E-state index contributed by atoms with van der Waals surface area (Å²) >= 11 is 0. The number of likely N-dealkylation sites (tertiary alicyclic amines) is 1. The summed E-state index contributed by atoms with van der Waals surface area (Å²) in [5.41, 5.74) is 3.85. The molecule has 9 heteroatoms. The molecule has 0 aliphatic carbocycles. The maximum atomic E-state index is 11.8. The van der Waals surface area contributed by atoms with Crippen molar-refractivity contribution in [3.8, 4) is 17.4 Å². The van der Waals surface area contributed by atoms with Crippen molar-refractivity contribution in [1.29, 1.82) is 0 Å². The summed E-state index contributed by atoms with van der Waals surface area (Å²) in [4.78, 5) is 14.1. The lowest BCUT2D eigenvalue weighted by Crippen LogP contribution is -2.40. The monoisotopic (exact) mass is 488 g/mol. The van der Waals surface area contributed by atoms with E-state index in [1.165, 1.54) is 5.56 Å². The number of ether oxygens (including phenoxy) is 1. The minimum Gasteiger partial charge on any atom is -0.490 e. The van der Waals surface area contributed by atoms with E-state index in [0.29, 0.717) is 47.9 Å². The Kier molecular flexibility index (Phi) is 5.94. The number of hydrogen-bond donors (Lipinski definition) is 2. The number of piperidine rings is 1. The summed E-state index contributed by atoms with van der Waals surface area (Å²) in [7, 11) is 0. The number of aliphatic hydroxyl groups is 1. The van der Waals surface area contributed by atoms with Gasteiger partial charge in [-0.1, -0.05) is 18.2 Å². The molecule has 2 aliphatic heterocycles. The molecular formula is C27H28N4O5. The van der Waals surface area contributed by atoms with Crippen LogP contribution in [0.15, 0.2) is 51.3 Å². The predicted molar refractivity (Wildman–Crippen MR) is 132 cm³/mol. The Morgan fingerprint density at radius 3 is 2.83 bits per heavy atom. The minimum atomic E-state index is -0.612. The van der Waals surface area contributed by atoms with Crippen LogP contribution < -0.4 is 10.1 Å². The molecule has 36 heavy (non-hydrogen) atoms. The van der Waals surface area contributed by atoms with E-state index >= 15 is 0 Å². The number of nitrogens with one attached hydrogen (secondary N) is 1. The van der Waals surface area contributed by atoms with Gasteiger partial charge in [0.25, 0.3) is 11.8 Å². The first kappa shape index (κ1) is 22.8. The number of nitrogens with zero attached hydrogens (tertiary/aromatic N) is 3. The first-order chi connectivity index (χ1) is 17.5. The summed E-state index contributed by atoms with van der Waals surface area (Å²) in [5, 5.41) is 22.2. The molecule has 4 heterocycles. The molecule has 0 spiro atoms. The highest BCUT2D eigenvalue weighted by Gasteiger charge is 2.25. The van der Waals surface area contributed by atoms with Gasteiger partial charge in [-0.3, -0.25) is 4.79 Å². The number of fused-ring (bicyclic) bond motifs is 2. The van der Waals surface area contributed by atoms with E-state index in [4.69, 9.17) is 13.6 Å². The third-order valence-electron chi connectivity index (χ3n) is 7.03. The van der Waals surface area contributed by atoms with Gasteiger partial charge in [-0.15, -0.1) is 10.2 Å². The summed E-state index contributed by atoms with van der Waals surface area (Å²) < 4.78 is 17.3. The maximum Gasteiger partial charge on any atom is 0.283 e. The molecule has 0 saturated carbocycles. The highest BCUT2D eigenvalue weighted by atomic mass is 16.5. The van der Waals surface area contributed by atoms with Gasteiger partial charge in [-0.25, -0.2) is 0 Å². The molecule has 6 rings (SSSR count). The first-order valence-corrected chi connectivity index (χ1v) is 12.3. The molecule has 0 radical (unpaired) electrons. The number of furan rings is 1. The van der Waals surface area contributed by atoms with Gasteiger partial charge in [0.15, 0.2) is 5.76 Å². The number of aryl methyl sites for hydroxylation is 1. The van der Waals surface area contributed by atoms with Crippen molar-refractivity contribution in [3.63, 3.8) is 0 Å². The van der Waals surface area contributed by atoms with Crippen molar-refractivity contribution in [2.24, 2.45) is 0 Å². The van der Waals surface area contributed by atoms with Gasteiger partial charge >= 0.3 is 0 Å². The maximum absolute atomic E-state index is 11.8. The van der Waals surface area contributed by atoms with E-state index in [0.717, 1.165) is 42.4 Å². The van der Waals surface area contributed by atoms with Gasteiger partial charge in [-0.2, -0.15) is 0 Å². The second-order valence-corrected chi connectivity index (χ2v) is 9.54. The minimum absolute atomic E-state index is 0.0222. The lowest BCUT2D eigenvalue weighted by Gasteiger charge is -2.33. The summed E-state index contributed by atoms with van der Waals surface area (Å²) in [6.07, 6.45) is 1.44. The summed E-state index contributed by atoms with van der Waals surface area (Å²) in [5.74, 6) is 2.41. The van der Waals surface area contributed by atoms with E-state index in [-0.39, 0.29) is 12.5 Å². The number of carbonyl (C=O) groups is 1. The second-order valence-electron chi connectivity index (χ2n) is 9.54. The SMILES string of the molecule is Cc1nnc(-c2cc3c(OC[C@@H](O)CN4CCC(c5ccc6c(c5)CNC6=O)CC4)cccc3o2)o1. The van der Waals surface area contributed by atoms with Crippen LogP contribution in [-0.2, 0) is 6.54 Å². The number of aliphatic hydroxyl groups excluding tert-OH is 1. The Labute approximate surface area is 208 Å². The van der Waals surface area contributed by atoms with E-state index < -0.39 is 6.10 Å². The van der Waals surface area contributed by atoms with Gasteiger partial charge in [0.2, 0.25) is 5.89 Å². The van der Waals surface area contributed by atoms with E-state index in [9.17, 15) is 9.90 Å². The third-order valence-corrected chi connectivity index (χ3v) is 7.03. The standard InChI is InChI=1S/C27H28N4O5/c1-16-29-30-27(35-16)25-12-22-23(3-2-4-24(22)36-25)34-15-20(32)14-31-9-7-17(8-10-31)18-5-6-21-19(11-18)13-28-26(21)33/h2-6,11-12,17,20,32H,7-10,13-15H2,1H3,(H,28,33)/t20-/m0/s1. The lowest BCUT2D eigenvalue weighted by atomic mass is 9.88. The summed E-state index contributed by atoms with van der Waals surface area (Å²) in [6.45, 7) is 4.93. The van der Waals surface area contributed by atoms with Crippen LogP contribution in [0.1, 0.15) is 46.1 Å². The highest BCUT2D eigenvalue weighted by Crippen LogP contribution is 2.33. The van der Waals surface area contributed by atoms with Gasteiger partial charge in [0.1, 0.15) is 24.0 Å². The molecule has 9 nitrogen and oxygen atoms in total. The van der Waals surface area contributed by atoms with Crippen molar-refractivity contribution in [2.75, 3.05) is 26.2 Å². The van der Waals surface area contributed by atoms with Gasteiger partial charge in [-0.05, 0) is 61.2 Å². The van der Waals surface area contributed by atoms with Gasteiger partial charge < -0.3 is 28.9 Å². The Bertz CT molecular complexity index is 1400. The zero-order valence-electron chi connectivity index (χ0n) is 20.1. The number of hydrogen-bond acceptors (Lipinski definition) is 8. The van der Waals surface area contributed by atoms with Crippen molar-refractivity contribution < 1.29 is 23.5 Å². The van der Waals surface area contributed by atoms with Crippen LogP contribution in [0.5, 0.6) is 5.75 Å². The number of rotatable bonds is 7. The van der Waals surface area contributed by atoms with Crippen LogP contribution in [0.2, 0.25) is 0 Å². The van der Waals surface area contributed by atoms with Crippen molar-refractivity contribution >= 4 is 16.9 Å². The van der Waals surface area contributed by atoms with Crippen LogP contribution in [0.4, 0.5) is 0 Å². The third kappa shape index (κ3) is 4.47. The molecule has 2 N–H and O–H groups in total. The van der Waals surface area contributed by atoms with Crippen LogP contribution in [-0.4, -0.2) is 58.5 Å². The number of amides is 1. The van der Waals surface area contributed by atoms with Crippen LogP contribution >= 0.6 is 0 Å². The molecule has 186 valence electrons. The zero-order chi connectivity index (χ0) is 24.6. The molecular weight excluding hydrogens is 460 g/mol. The molecule has 0 unspecified atom stereocenters. The second kappa shape index (κ2) is 9.40. The average Bonchev–Trinajstić information content (AvgIpc) is 3.61. The average molecular weight is 489 g/mol. The summed E-state index contributed by atoms with van der Waals surface area (Å²) in [6, 6.07) is 13.6. The predicted octanol–water partition coefficient (Wildman–Crippen LogP) is 3.65. The molecule has 1 saturated heterocycles. The zero-order valence-corrected chi connectivity index (χ0v) is 20.1. The number of carbonyl (C=O) groups excluding carboxylic acids is 1.